The number of fused-ring (bicyclic) bond motifs is 1. The zero-order valence-corrected chi connectivity index (χ0v) is 13.9. The number of hydrogen-bond acceptors (Lipinski definition) is 7. The Kier molecular flexibility index (Phi) is 3.98. The van der Waals surface area contributed by atoms with Gasteiger partial charge in [-0.25, -0.2) is 9.18 Å². The van der Waals surface area contributed by atoms with Crippen LogP contribution in [0.5, 0.6) is 0 Å². The zero-order valence-electron chi connectivity index (χ0n) is 12.4. The Morgan fingerprint density at radius 3 is 3.00 bits per heavy atom. The maximum Gasteiger partial charge on any atom is 0.350 e. The van der Waals surface area contributed by atoms with Gasteiger partial charge in [0.25, 0.3) is 11.8 Å². The van der Waals surface area contributed by atoms with Crippen LogP contribution < -0.4 is 0 Å². The molecule has 0 aliphatic carbocycles. The highest BCUT2D eigenvalue weighted by Crippen LogP contribution is 2.36. The van der Waals surface area contributed by atoms with Crippen molar-refractivity contribution in [2.75, 3.05) is 0 Å². The van der Waals surface area contributed by atoms with Crippen LogP contribution in [0.25, 0.3) is 21.7 Å². The van der Waals surface area contributed by atoms with Crippen LogP contribution in [0.1, 0.15) is 15.6 Å². The van der Waals surface area contributed by atoms with Crippen molar-refractivity contribution in [3.8, 4) is 11.7 Å². The molecule has 3 heterocycles. The molecule has 0 atom stereocenters. The van der Waals surface area contributed by atoms with Gasteiger partial charge in [0.15, 0.2) is 12.4 Å². The topological polar surface area (TPSA) is 78.4 Å². The fourth-order valence-electron chi connectivity index (χ4n) is 2.17. The van der Waals surface area contributed by atoms with Crippen molar-refractivity contribution in [2.45, 2.75) is 6.61 Å². The van der Waals surface area contributed by atoms with Crippen molar-refractivity contribution in [1.29, 1.82) is 0 Å². The van der Waals surface area contributed by atoms with E-state index >= 15 is 0 Å². The summed E-state index contributed by atoms with van der Waals surface area (Å²) in [5.74, 6) is -0.333. The summed E-state index contributed by atoms with van der Waals surface area (Å²) in [6.45, 7) is -0.217. The third kappa shape index (κ3) is 3.01. The molecule has 1 aromatic carbocycles. The first kappa shape index (κ1) is 15.8. The lowest BCUT2D eigenvalue weighted by Gasteiger charge is -1.99. The highest BCUT2D eigenvalue weighted by molar-refractivity contribution is 7.21. The number of carbonyl (C=O) groups is 1. The normalized spacial score (nSPS) is 11.1. The number of halogens is 2. The van der Waals surface area contributed by atoms with E-state index in [-0.39, 0.29) is 28.3 Å². The summed E-state index contributed by atoms with van der Waals surface area (Å²) in [4.78, 5) is 12.4. The zero-order chi connectivity index (χ0) is 17.4. The summed E-state index contributed by atoms with van der Waals surface area (Å²) in [5.41, 5.74) is 0. The lowest BCUT2D eigenvalue weighted by Crippen LogP contribution is -2.04. The summed E-state index contributed by atoms with van der Waals surface area (Å²) in [6.07, 6.45) is 1.48. The van der Waals surface area contributed by atoms with Gasteiger partial charge in [0.1, 0.15) is 10.7 Å². The molecular formula is C16H8ClFN2O4S. The molecule has 0 radical (unpaired) electrons. The van der Waals surface area contributed by atoms with Crippen LogP contribution >= 0.6 is 22.9 Å². The number of hydrogen-bond donors (Lipinski definition) is 0. The van der Waals surface area contributed by atoms with E-state index in [1.54, 1.807) is 12.1 Å². The summed E-state index contributed by atoms with van der Waals surface area (Å²) in [6, 6.07) is 7.47. The SMILES string of the molecule is O=C(OCc1nnc(-c2ccco2)o1)c1sc2cc(F)ccc2c1Cl. The second-order valence-corrected chi connectivity index (χ2v) is 6.37. The highest BCUT2D eigenvalue weighted by Gasteiger charge is 2.20. The molecule has 0 amide bonds. The molecule has 25 heavy (non-hydrogen) atoms. The van der Waals surface area contributed by atoms with Gasteiger partial charge >= 0.3 is 5.97 Å². The number of carbonyl (C=O) groups excluding carboxylic acids is 1. The molecular weight excluding hydrogens is 371 g/mol. The van der Waals surface area contributed by atoms with Crippen molar-refractivity contribution in [2.24, 2.45) is 0 Å². The lowest BCUT2D eigenvalue weighted by molar-refractivity contribution is 0.0444. The average Bonchev–Trinajstić information content (AvgIpc) is 3.32. The molecule has 3 aromatic heterocycles. The van der Waals surface area contributed by atoms with Gasteiger partial charge in [0, 0.05) is 10.1 Å². The fraction of sp³-hybridized carbons (Fsp3) is 0.0625. The van der Waals surface area contributed by atoms with E-state index < -0.39 is 11.8 Å². The van der Waals surface area contributed by atoms with Gasteiger partial charge in [-0.05, 0) is 30.3 Å². The third-order valence-corrected chi connectivity index (χ3v) is 4.94. The van der Waals surface area contributed by atoms with E-state index in [0.29, 0.717) is 15.8 Å². The number of aromatic nitrogens is 2. The van der Waals surface area contributed by atoms with Crippen molar-refractivity contribution < 1.29 is 22.8 Å². The van der Waals surface area contributed by atoms with E-state index in [2.05, 4.69) is 10.2 Å². The monoisotopic (exact) mass is 378 g/mol. The molecule has 126 valence electrons. The van der Waals surface area contributed by atoms with E-state index in [4.69, 9.17) is 25.2 Å². The Hall–Kier alpha value is -2.71. The first-order valence-electron chi connectivity index (χ1n) is 7.03. The smallest absolute Gasteiger partial charge is 0.350 e. The van der Waals surface area contributed by atoms with Gasteiger partial charge in [-0.3, -0.25) is 0 Å². The molecule has 0 unspecified atom stereocenters. The van der Waals surface area contributed by atoms with Gasteiger partial charge in [0.2, 0.25) is 0 Å². The number of furan rings is 1. The van der Waals surface area contributed by atoms with E-state index in [9.17, 15) is 9.18 Å². The van der Waals surface area contributed by atoms with Crippen molar-refractivity contribution in [3.05, 3.63) is 58.2 Å². The number of esters is 1. The largest absolute Gasteiger partial charge is 0.459 e. The molecule has 0 bridgehead atoms. The molecule has 4 rings (SSSR count). The number of rotatable bonds is 4. The summed E-state index contributed by atoms with van der Waals surface area (Å²) in [7, 11) is 0. The van der Waals surface area contributed by atoms with Crippen LogP contribution in [0.3, 0.4) is 0 Å². The Balaban J connectivity index is 1.50. The predicted molar refractivity (Wildman–Crippen MR) is 87.9 cm³/mol. The van der Waals surface area contributed by atoms with Gasteiger partial charge in [-0.15, -0.1) is 21.5 Å². The molecule has 4 aromatic rings. The molecule has 0 fully saturated rings. The molecule has 0 N–H and O–H groups in total. The second kappa shape index (κ2) is 6.30. The van der Waals surface area contributed by atoms with Crippen LogP contribution in [-0.2, 0) is 11.3 Å². The van der Waals surface area contributed by atoms with Crippen LogP contribution in [-0.4, -0.2) is 16.2 Å². The first-order valence-corrected chi connectivity index (χ1v) is 8.22. The third-order valence-electron chi connectivity index (χ3n) is 3.30. The molecule has 0 spiro atoms. The van der Waals surface area contributed by atoms with Crippen molar-refractivity contribution in [1.82, 2.24) is 10.2 Å². The van der Waals surface area contributed by atoms with Gasteiger partial charge in [-0.1, -0.05) is 11.6 Å². The molecule has 0 aliphatic rings. The summed E-state index contributed by atoms with van der Waals surface area (Å²) >= 11 is 7.24. The number of benzene rings is 1. The van der Waals surface area contributed by atoms with E-state index in [1.165, 1.54) is 24.5 Å². The minimum absolute atomic E-state index is 0.114. The predicted octanol–water partition coefficient (Wildman–Crippen LogP) is 4.69. The Bertz CT molecular complexity index is 1060. The van der Waals surface area contributed by atoms with Crippen molar-refractivity contribution in [3.63, 3.8) is 0 Å². The van der Waals surface area contributed by atoms with Crippen LogP contribution in [0.15, 0.2) is 45.4 Å². The molecule has 6 nitrogen and oxygen atoms in total. The molecule has 0 aliphatic heterocycles. The maximum atomic E-state index is 13.3. The second-order valence-electron chi connectivity index (χ2n) is 4.94. The number of ether oxygens (including phenoxy) is 1. The number of nitrogens with zero attached hydrogens (tertiary/aromatic N) is 2. The Morgan fingerprint density at radius 2 is 2.20 bits per heavy atom. The molecule has 0 saturated heterocycles. The molecule has 0 saturated carbocycles. The maximum absolute atomic E-state index is 13.3. The van der Waals surface area contributed by atoms with Gasteiger partial charge in [-0.2, -0.15) is 0 Å². The van der Waals surface area contributed by atoms with Crippen LogP contribution in [0.2, 0.25) is 5.02 Å². The number of thiophene rings is 1. The van der Waals surface area contributed by atoms with Crippen LogP contribution in [0, 0.1) is 5.82 Å². The standard InChI is InChI=1S/C16H8ClFN2O4S/c17-13-9-4-3-8(18)6-11(9)25-14(13)16(21)23-7-12-19-20-15(24-12)10-2-1-5-22-10/h1-6H,7H2. The Labute approximate surface area is 148 Å². The van der Waals surface area contributed by atoms with Gasteiger partial charge < -0.3 is 13.6 Å². The summed E-state index contributed by atoms with van der Waals surface area (Å²) in [5, 5.41) is 8.41. The minimum atomic E-state index is -0.649. The van der Waals surface area contributed by atoms with Gasteiger partial charge in [0.05, 0.1) is 11.3 Å². The summed E-state index contributed by atoms with van der Waals surface area (Å²) < 4.78 is 29.5. The fourth-order valence-corrected chi connectivity index (χ4v) is 3.60. The average molecular weight is 379 g/mol. The van der Waals surface area contributed by atoms with Crippen molar-refractivity contribution >= 4 is 39.0 Å². The van der Waals surface area contributed by atoms with E-state index in [1.807, 2.05) is 0 Å². The molecule has 9 heteroatoms. The Morgan fingerprint density at radius 1 is 1.32 bits per heavy atom. The van der Waals surface area contributed by atoms with E-state index in [0.717, 1.165) is 11.3 Å². The highest BCUT2D eigenvalue weighted by atomic mass is 35.5. The first-order chi connectivity index (χ1) is 12.1. The van der Waals surface area contributed by atoms with Crippen LogP contribution in [0.4, 0.5) is 4.39 Å². The minimum Gasteiger partial charge on any atom is -0.459 e. The quantitative estimate of drug-likeness (QED) is 0.479. The lowest BCUT2D eigenvalue weighted by atomic mass is 10.2.